The summed E-state index contributed by atoms with van der Waals surface area (Å²) in [5.74, 6) is 0.613. The fourth-order valence-electron chi connectivity index (χ4n) is 1.50. The van der Waals surface area contributed by atoms with Crippen molar-refractivity contribution >= 4 is 17.2 Å². The van der Waals surface area contributed by atoms with Crippen molar-refractivity contribution in [3.05, 3.63) is 0 Å². The maximum atomic E-state index is 5.39. The average Bonchev–Trinajstić information content (AvgIpc) is 2.19. The lowest BCUT2D eigenvalue weighted by molar-refractivity contribution is 0.557. The van der Waals surface area contributed by atoms with Crippen LogP contribution in [-0.2, 0) is 0 Å². The van der Waals surface area contributed by atoms with E-state index < -0.39 is 0 Å². The molecule has 0 radical (unpaired) electrons. The van der Waals surface area contributed by atoms with Gasteiger partial charge >= 0.3 is 0 Å². The van der Waals surface area contributed by atoms with Crippen LogP contribution in [0.25, 0.3) is 0 Å². The van der Waals surface area contributed by atoms with Gasteiger partial charge in [-0.1, -0.05) is 52.3 Å². The Morgan fingerprint density at radius 2 is 1.79 bits per heavy atom. The Morgan fingerprint density at radius 3 is 2.29 bits per heavy atom. The highest BCUT2D eigenvalue weighted by Gasteiger charge is 2.10. The van der Waals surface area contributed by atoms with Gasteiger partial charge in [-0.05, 0) is 19.3 Å². The number of thiocarbonyl (C=S) groups is 1. The van der Waals surface area contributed by atoms with Crippen LogP contribution in [0.15, 0.2) is 0 Å². The average molecular weight is 215 g/mol. The van der Waals surface area contributed by atoms with E-state index >= 15 is 0 Å². The van der Waals surface area contributed by atoms with Crippen LogP contribution in [0.2, 0.25) is 0 Å². The normalized spacial score (nSPS) is 12.5. The summed E-state index contributed by atoms with van der Waals surface area (Å²) in [6.45, 7) is 7.73. The molecular formula is C12H25NS. The van der Waals surface area contributed by atoms with E-state index in [4.69, 9.17) is 12.2 Å². The van der Waals surface area contributed by atoms with Crippen LogP contribution < -0.4 is 5.32 Å². The van der Waals surface area contributed by atoms with Gasteiger partial charge in [0, 0.05) is 12.5 Å². The van der Waals surface area contributed by atoms with Gasteiger partial charge in [-0.2, -0.15) is 0 Å². The van der Waals surface area contributed by atoms with E-state index in [1.807, 2.05) is 0 Å². The van der Waals surface area contributed by atoms with Crippen LogP contribution in [0.4, 0.5) is 0 Å². The first-order chi connectivity index (χ1) is 6.76. The molecule has 2 heteroatoms. The Bertz CT molecular complexity index is 145. The second kappa shape index (κ2) is 9.45. The summed E-state index contributed by atoms with van der Waals surface area (Å²) in [5, 5.41) is 3.37. The molecule has 0 saturated carbocycles. The van der Waals surface area contributed by atoms with E-state index in [-0.39, 0.29) is 0 Å². The molecule has 1 N–H and O–H groups in total. The number of nitrogens with one attached hydrogen (secondary N) is 1. The molecule has 0 aromatic heterocycles. The predicted octanol–water partition coefficient (Wildman–Crippen LogP) is 3.92. The van der Waals surface area contributed by atoms with Crippen molar-refractivity contribution in [3.8, 4) is 0 Å². The molecule has 1 atom stereocenters. The summed E-state index contributed by atoms with van der Waals surface area (Å²) in [7, 11) is 0. The van der Waals surface area contributed by atoms with E-state index in [0.717, 1.165) is 11.5 Å². The largest absolute Gasteiger partial charge is 0.379 e. The van der Waals surface area contributed by atoms with E-state index in [1.54, 1.807) is 0 Å². The highest BCUT2D eigenvalue weighted by atomic mass is 32.1. The molecule has 1 unspecified atom stereocenters. The topological polar surface area (TPSA) is 12.0 Å². The van der Waals surface area contributed by atoms with Crippen molar-refractivity contribution in [1.82, 2.24) is 5.32 Å². The molecule has 0 aliphatic rings. The van der Waals surface area contributed by atoms with Crippen molar-refractivity contribution < 1.29 is 0 Å². The van der Waals surface area contributed by atoms with Crippen molar-refractivity contribution in [2.45, 2.75) is 59.3 Å². The Kier molecular flexibility index (Phi) is 9.37. The van der Waals surface area contributed by atoms with Gasteiger partial charge in [0.15, 0.2) is 0 Å². The minimum Gasteiger partial charge on any atom is -0.379 e. The molecule has 0 saturated heterocycles. The van der Waals surface area contributed by atoms with Gasteiger partial charge in [-0.3, -0.25) is 0 Å². The van der Waals surface area contributed by atoms with Crippen molar-refractivity contribution in [1.29, 1.82) is 0 Å². The van der Waals surface area contributed by atoms with Crippen LogP contribution in [0, 0.1) is 5.92 Å². The lowest BCUT2D eigenvalue weighted by Crippen LogP contribution is -2.29. The van der Waals surface area contributed by atoms with Gasteiger partial charge < -0.3 is 5.32 Å². The molecule has 0 amide bonds. The first kappa shape index (κ1) is 13.9. The molecular weight excluding hydrogens is 190 g/mol. The number of rotatable bonds is 8. The van der Waals surface area contributed by atoms with Crippen molar-refractivity contribution in [2.24, 2.45) is 5.92 Å². The maximum absolute atomic E-state index is 5.39. The Labute approximate surface area is 94.7 Å². The molecule has 84 valence electrons. The Hall–Kier alpha value is -0.110. The first-order valence-corrected chi connectivity index (χ1v) is 6.44. The monoisotopic (exact) mass is 215 g/mol. The van der Waals surface area contributed by atoms with Gasteiger partial charge in [0.2, 0.25) is 0 Å². The highest BCUT2D eigenvalue weighted by molar-refractivity contribution is 7.80. The smallest absolute Gasteiger partial charge is 0.0784 e. The molecule has 0 aliphatic heterocycles. The zero-order valence-electron chi connectivity index (χ0n) is 9.94. The molecule has 0 aromatic carbocycles. The third-order valence-electron chi connectivity index (χ3n) is 2.60. The van der Waals surface area contributed by atoms with E-state index in [0.29, 0.717) is 5.92 Å². The lowest BCUT2D eigenvalue weighted by Gasteiger charge is -2.17. The van der Waals surface area contributed by atoms with Gasteiger partial charge in [-0.15, -0.1) is 0 Å². The maximum Gasteiger partial charge on any atom is 0.0784 e. The quantitative estimate of drug-likeness (QED) is 0.486. The summed E-state index contributed by atoms with van der Waals surface area (Å²) in [4.78, 5) is 1.09. The van der Waals surface area contributed by atoms with E-state index in [9.17, 15) is 0 Å². The summed E-state index contributed by atoms with van der Waals surface area (Å²) in [6.07, 6.45) is 7.47. The van der Waals surface area contributed by atoms with Crippen LogP contribution >= 0.6 is 12.2 Å². The summed E-state index contributed by atoms with van der Waals surface area (Å²) < 4.78 is 0. The van der Waals surface area contributed by atoms with Crippen LogP contribution in [0.3, 0.4) is 0 Å². The molecule has 0 bridgehead atoms. The third-order valence-corrected chi connectivity index (χ3v) is 3.08. The van der Waals surface area contributed by atoms with Gasteiger partial charge in [-0.25, -0.2) is 0 Å². The Balaban J connectivity index is 3.67. The standard InChI is InChI=1S/C12H25NS/c1-4-7-9-11(6-3)12(14)13-10-8-5-2/h11H,4-10H2,1-3H3,(H,13,14). The zero-order chi connectivity index (χ0) is 10.8. The molecule has 0 rings (SSSR count). The molecule has 0 aromatic rings. The summed E-state index contributed by atoms with van der Waals surface area (Å²) >= 11 is 5.39. The van der Waals surface area contributed by atoms with E-state index in [1.165, 1.54) is 38.5 Å². The van der Waals surface area contributed by atoms with Crippen LogP contribution in [-0.4, -0.2) is 11.5 Å². The van der Waals surface area contributed by atoms with Crippen molar-refractivity contribution in [2.75, 3.05) is 6.54 Å². The molecule has 0 aliphatic carbocycles. The van der Waals surface area contributed by atoms with Crippen LogP contribution in [0.1, 0.15) is 59.3 Å². The minimum absolute atomic E-state index is 0.613. The molecule has 0 heterocycles. The fourth-order valence-corrected chi connectivity index (χ4v) is 1.89. The summed E-state index contributed by atoms with van der Waals surface area (Å²) in [6, 6.07) is 0. The fraction of sp³-hybridized carbons (Fsp3) is 0.917. The third kappa shape index (κ3) is 6.36. The minimum atomic E-state index is 0.613. The summed E-state index contributed by atoms with van der Waals surface area (Å²) in [5.41, 5.74) is 0. The first-order valence-electron chi connectivity index (χ1n) is 6.03. The molecule has 14 heavy (non-hydrogen) atoms. The highest BCUT2D eigenvalue weighted by Crippen LogP contribution is 2.13. The molecule has 0 spiro atoms. The number of hydrogen-bond acceptors (Lipinski definition) is 1. The molecule has 0 fully saturated rings. The van der Waals surface area contributed by atoms with Crippen LogP contribution in [0.5, 0.6) is 0 Å². The van der Waals surface area contributed by atoms with Gasteiger partial charge in [0.1, 0.15) is 0 Å². The van der Waals surface area contributed by atoms with Crippen molar-refractivity contribution in [3.63, 3.8) is 0 Å². The zero-order valence-corrected chi connectivity index (χ0v) is 10.8. The second-order valence-electron chi connectivity index (χ2n) is 3.89. The SMILES string of the molecule is CCCCNC(=S)C(CC)CCCC. The molecule has 1 nitrogen and oxygen atoms in total. The van der Waals surface area contributed by atoms with E-state index in [2.05, 4.69) is 26.1 Å². The second-order valence-corrected chi connectivity index (χ2v) is 4.33. The number of hydrogen-bond donors (Lipinski definition) is 1. The van der Waals surface area contributed by atoms with Gasteiger partial charge in [0.05, 0.1) is 4.99 Å². The Morgan fingerprint density at radius 1 is 1.14 bits per heavy atom. The van der Waals surface area contributed by atoms with Gasteiger partial charge in [0.25, 0.3) is 0 Å². The number of unbranched alkanes of at least 4 members (excludes halogenated alkanes) is 2. The lowest BCUT2D eigenvalue weighted by atomic mass is 9.99. The predicted molar refractivity (Wildman–Crippen MR) is 68.8 cm³/mol.